The lowest BCUT2D eigenvalue weighted by Crippen LogP contribution is -2.51. The Balaban J connectivity index is 2.17. The largest absolute Gasteiger partial charge is 0.352 e. The maximum absolute atomic E-state index is 13.3. The molecule has 0 spiro atoms. The summed E-state index contributed by atoms with van der Waals surface area (Å²) >= 11 is 17.4. The summed E-state index contributed by atoms with van der Waals surface area (Å²) in [6.45, 7) is 6.14. The summed E-state index contributed by atoms with van der Waals surface area (Å²) < 4.78 is 1.02. The van der Waals surface area contributed by atoms with Crippen LogP contribution in [0.4, 0.5) is 0 Å². The SMILES string of the molecule is CC[C@@H](C)NC(=O)[C@H](CC)N(Cc1ccc(Cl)cc1Cl)C(=O)CSCc1ccc(Br)cc1. The van der Waals surface area contributed by atoms with Crippen molar-refractivity contribution in [2.75, 3.05) is 5.75 Å². The van der Waals surface area contributed by atoms with Crippen molar-refractivity contribution >= 4 is 62.7 Å². The Morgan fingerprint density at radius 3 is 2.38 bits per heavy atom. The first-order chi connectivity index (χ1) is 15.2. The van der Waals surface area contributed by atoms with Crippen LogP contribution in [0.25, 0.3) is 0 Å². The predicted molar refractivity (Wildman–Crippen MR) is 139 cm³/mol. The Bertz CT molecular complexity index is 911. The summed E-state index contributed by atoms with van der Waals surface area (Å²) in [5.41, 5.74) is 1.90. The van der Waals surface area contributed by atoms with Crippen molar-refractivity contribution in [2.24, 2.45) is 0 Å². The first-order valence-electron chi connectivity index (χ1n) is 10.6. The van der Waals surface area contributed by atoms with Crippen molar-refractivity contribution in [3.8, 4) is 0 Å². The molecule has 0 aliphatic carbocycles. The number of hydrogen-bond donors (Lipinski definition) is 1. The van der Waals surface area contributed by atoms with Crippen LogP contribution in [0.2, 0.25) is 10.0 Å². The molecule has 2 atom stereocenters. The van der Waals surface area contributed by atoms with E-state index in [2.05, 4.69) is 21.2 Å². The van der Waals surface area contributed by atoms with Gasteiger partial charge in [-0.25, -0.2) is 0 Å². The monoisotopic (exact) mass is 558 g/mol. The van der Waals surface area contributed by atoms with Gasteiger partial charge in [-0.3, -0.25) is 9.59 Å². The second kappa shape index (κ2) is 13.5. The van der Waals surface area contributed by atoms with Gasteiger partial charge in [0.25, 0.3) is 0 Å². The van der Waals surface area contributed by atoms with Gasteiger partial charge in [-0.1, -0.05) is 71.2 Å². The normalized spacial score (nSPS) is 12.8. The first kappa shape index (κ1) is 27.0. The Hall–Kier alpha value is -1.21. The molecule has 0 unspecified atom stereocenters. The number of nitrogens with one attached hydrogen (secondary N) is 1. The van der Waals surface area contributed by atoms with Gasteiger partial charge >= 0.3 is 0 Å². The molecule has 2 rings (SSSR count). The molecule has 1 N–H and O–H groups in total. The lowest BCUT2D eigenvalue weighted by molar-refractivity contribution is -0.139. The third-order valence-electron chi connectivity index (χ3n) is 5.15. The molecular weight excluding hydrogens is 531 g/mol. The Morgan fingerprint density at radius 2 is 1.78 bits per heavy atom. The summed E-state index contributed by atoms with van der Waals surface area (Å²) in [5.74, 6) is 0.751. The fourth-order valence-corrected chi connectivity index (χ4v) is 4.72. The van der Waals surface area contributed by atoms with Crippen LogP contribution in [0.15, 0.2) is 46.9 Å². The highest BCUT2D eigenvalue weighted by Gasteiger charge is 2.29. The number of benzene rings is 2. The van der Waals surface area contributed by atoms with Crippen molar-refractivity contribution in [3.05, 3.63) is 68.1 Å². The van der Waals surface area contributed by atoms with E-state index in [0.29, 0.717) is 22.2 Å². The summed E-state index contributed by atoms with van der Waals surface area (Å²) in [5, 5.41) is 4.03. The van der Waals surface area contributed by atoms with Crippen LogP contribution in [0.1, 0.15) is 44.7 Å². The molecule has 0 fully saturated rings. The van der Waals surface area contributed by atoms with Crippen LogP contribution >= 0.6 is 50.9 Å². The summed E-state index contributed by atoms with van der Waals surface area (Å²) in [6.07, 6.45) is 1.33. The van der Waals surface area contributed by atoms with E-state index in [4.69, 9.17) is 23.2 Å². The molecule has 0 radical (unpaired) electrons. The van der Waals surface area contributed by atoms with Crippen molar-refractivity contribution in [2.45, 2.75) is 58.0 Å². The molecule has 0 aromatic heterocycles. The summed E-state index contributed by atoms with van der Waals surface area (Å²) in [7, 11) is 0. The van der Waals surface area contributed by atoms with E-state index in [1.807, 2.05) is 45.0 Å². The van der Waals surface area contributed by atoms with Crippen LogP contribution < -0.4 is 5.32 Å². The zero-order valence-electron chi connectivity index (χ0n) is 18.5. The standard InChI is InChI=1S/C24H29BrCl2N2O2S/c1-4-16(3)28-24(31)22(5-2)29(13-18-8-11-20(26)12-21(18)27)23(30)15-32-14-17-6-9-19(25)10-7-17/h6-12,16,22H,4-5,13-15H2,1-3H3,(H,28,31)/t16-,22+/m1/s1. The van der Waals surface area contributed by atoms with Crippen LogP contribution in [0, 0.1) is 0 Å². The van der Waals surface area contributed by atoms with E-state index >= 15 is 0 Å². The van der Waals surface area contributed by atoms with Gasteiger partial charge in [0, 0.05) is 32.9 Å². The maximum atomic E-state index is 13.3. The molecule has 4 nitrogen and oxygen atoms in total. The highest BCUT2D eigenvalue weighted by Crippen LogP contribution is 2.25. The third-order valence-corrected chi connectivity index (χ3v) is 7.25. The zero-order chi connectivity index (χ0) is 23.7. The van der Waals surface area contributed by atoms with Gasteiger partial charge in [0.05, 0.1) is 5.75 Å². The molecule has 0 saturated carbocycles. The molecule has 0 saturated heterocycles. The van der Waals surface area contributed by atoms with Crippen molar-refractivity contribution in [1.29, 1.82) is 0 Å². The topological polar surface area (TPSA) is 49.4 Å². The molecule has 0 aliphatic heterocycles. The fraction of sp³-hybridized carbons (Fsp3) is 0.417. The second-order valence-corrected chi connectivity index (χ2v) is 10.4. The van der Waals surface area contributed by atoms with E-state index in [9.17, 15) is 9.59 Å². The van der Waals surface area contributed by atoms with Gasteiger partial charge < -0.3 is 10.2 Å². The van der Waals surface area contributed by atoms with Gasteiger partial charge in [-0.05, 0) is 55.2 Å². The third kappa shape index (κ3) is 8.29. The number of nitrogens with zero attached hydrogens (tertiary/aromatic N) is 1. The van der Waals surface area contributed by atoms with E-state index in [1.54, 1.807) is 23.1 Å². The van der Waals surface area contributed by atoms with Gasteiger partial charge in [-0.15, -0.1) is 11.8 Å². The number of carbonyl (C=O) groups is 2. The first-order valence-corrected chi connectivity index (χ1v) is 13.3. The molecule has 8 heteroatoms. The van der Waals surface area contributed by atoms with E-state index in [-0.39, 0.29) is 30.2 Å². The quantitative estimate of drug-likeness (QED) is 0.333. The summed E-state index contributed by atoms with van der Waals surface area (Å²) in [4.78, 5) is 27.9. The molecule has 0 bridgehead atoms. The number of thioether (sulfide) groups is 1. The number of carbonyl (C=O) groups excluding carboxylic acids is 2. The average Bonchev–Trinajstić information content (AvgIpc) is 2.76. The van der Waals surface area contributed by atoms with Crippen LogP contribution in [-0.4, -0.2) is 34.6 Å². The molecule has 174 valence electrons. The highest BCUT2D eigenvalue weighted by molar-refractivity contribution is 9.10. The van der Waals surface area contributed by atoms with Crippen molar-refractivity contribution in [1.82, 2.24) is 10.2 Å². The molecule has 0 heterocycles. The molecule has 2 aromatic rings. The molecule has 32 heavy (non-hydrogen) atoms. The van der Waals surface area contributed by atoms with Crippen LogP contribution in [0.5, 0.6) is 0 Å². The zero-order valence-corrected chi connectivity index (χ0v) is 22.5. The van der Waals surface area contributed by atoms with Gasteiger partial charge in [0.2, 0.25) is 11.8 Å². The summed E-state index contributed by atoms with van der Waals surface area (Å²) in [6, 6.07) is 12.7. The second-order valence-electron chi connectivity index (χ2n) is 7.62. The number of amides is 2. The van der Waals surface area contributed by atoms with Crippen LogP contribution in [0.3, 0.4) is 0 Å². The van der Waals surface area contributed by atoms with Crippen molar-refractivity contribution < 1.29 is 9.59 Å². The minimum absolute atomic E-state index is 0.0411. The highest BCUT2D eigenvalue weighted by atomic mass is 79.9. The van der Waals surface area contributed by atoms with E-state index in [0.717, 1.165) is 22.0 Å². The lowest BCUT2D eigenvalue weighted by Gasteiger charge is -2.31. The Labute approximate surface area is 213 Å². The van der Waals surface area contributed by atoms with E-state index in [1.165, 1.54) is 11.8 Å². The molecule has 2 amide bonds. The van der Waals surface area contributed by atoms with Crippen LogP contribution in [-0.2, 0) is 21.9 Å². The van der Waals surface area contributed by atoms with E-state index < -0.39 is 6.04 Å². The average molecular weight is 560 g/mol. The van der Waals surface area contributed by atoms with Gasteiger partial charge in [-0.2, -0.15) is 0 Å². The lowest BCUT2D eigenvalue weighted by atomic mass is 10.1. The fourth-order valence-electron chi connectivity index (χ4n) is 3.11. The molecule has 2 aromatic carbocycles. The maximum Gasteiger partial charge on any atom is 0.243 e. The molecule has 0 aliphatic rings. The van der Waals surface area contributed by atoms with Crippen molar-refractivity contribution in [3.63, 3.8) is 0 Å². The smallest absolute Gasteiger partial charge is 0.243 e. The Kier molecular flexibility index (Phi) is 11.4. The Morgan fingerprint density at radius 1 is 1.09 bits per heavy atom. The molecular formula is C24H29BrCl2N2O2S. The number of rotatable bonds is 11. The predicted octanol–water partition coefficient (Wildman–Crippen LogP) is 6.71. The number of hydrogen-bond acceptors (Lipinski definition) is 3. The van der Waals surface area contributed by atoms with Gasteiger partial charge in [0.1, 0.15) is 6.04 Å². The number of halogens is 3. The minimum atomic E-state index is -0.573. The van der Waals surface area contributed by atoms with Gasteiger partial charge in [0.15, 0.2) is 0 Å². The minimum Gasteiger partial charge on any atom is -0.352 e.